The van der Waals surface area contributed by atoms with Gasteiger partial charge >= 0.3 is 0 Å². The number of carbonyl (C=O) groups excluding carboxylic acids is 1. The van der Waals surface area contributed by atoms with Gasteiger partial charge in [0.1, 0.15) is 16.3 Å². The van der Waals surface area contributed by atoms with Crippen molar-refractivity contribution in [2.45, 2.75) is 30.9 Å². The minimum atomic E-state index is -4.29. The number of carbonyl (C=O) groups is 1. The molecule has 32 heavy (non-hydrogen) atoms. The van der Waals surface area contributed by atoms with Crippen LogP contribution < -0.4 is 32.2 Å². The number of oxime groups is 1. The van der Waals surface area contributed by atoms with E-state index in [0.717, 1.165) is 4.57 Å². The van der Waals surface area contributed by atoms with Gasteiger partial charge < -0.3 is 26.8 Å². The Bertz CT molecular complexity index is 1210. The maximum Gasteiger partial charge on any atom is 0.275 e. The number of hydrogen-bond acceptors (Lipinski definition) is 7. The molecule has 2 aromatic rings. The first-order chi connectivity index (χ1) is 14.9. The molecule has 0 aliphatic carbocycles. The van der Waals surface area contributed by atoms with E-state index in [1.54, 1.807) is 0 Å². The number of amides is 1. The number of aromatic nitrogens is 1. The lowest BCUT2D eigenvalue weighted by Crippen LogP contribution is -2.42. The van der Waals surface area contributed by atoms with Gasteiger partial charge in [0.25, 0.3) is 15.6 Å². The van der Waals surface area contributed by atoms with Gasteiger partial charge in [0.15, 0.2) is 12.1 Å². The van der Waals surface area contributed by atoms with E-state index in [1.165, 1.54) is 51.3 Å². The van der Waals surface area contributed by atoms with Crippen molar-refractivity contribution in [1.29, 1.82) is 0 Å². The third-order valence-corrected chi connectivity index (χ3v) is 5.94. The van der Waals surface area contributed by atoms with Crippen LogP contribution in [-0.2, 0) is 19.7 Å². The standard InChI is InChI=1S/C18H23ClN6O6S/c1-9-4-6-12(24-32(28,29)14-8-11(19)5-7-13(14)30-3)17(27)25(9)15(16(20)26)10(2)31-23-18(21)22/h4-8,10,15,24H,1-3H3,(H2,20,26)(H4,21,22,23). The van der Waals surface area contributed by atoms with E-state index in [1.807, 2.05) is 0 Å². The fraction of sp³-hybridized carbons (Fsp3) is 0.278. The molecule has 1 aromatic carbocycles. The Morgan fingerprint density at radius 1 is 1.22 bits per heavy atom. The van der Waals surface area contributed by atoms with Gasteiger partial charge in [0.05, 0.1) is 7.11 Å². The van der Waals surface area contributed by atoms with E-state index in [0.29, 0.717) is 5.69 Å². The van der Waals surface area contributed by atoms with Crippen LogP contribution in [0.4, 0.5) is 5.69 Å². The van der Waals surface area contributed by atoms with Gasteiger partial charge in [0.2, 0.25) is 11.9 Å². The summed E-state index contributed by atoms with van der Waals surface area (Å²) in [4.78, 5) is 30.0. The number of nitrogens with one attached hydrogen (secondary N) is 1. The number of rotatable bonds is 9. The molecule has 0 bridgehead atoms. The van der Waals surface area contributed by atoms with Crippen molar-refractivity contribution in [2.24, 2.45) is 22.4 Å². The highest BCUT2D eigenvalue weighted by Gasteiger charge is 2.30. The lowest BCUT2D eigenvalue weighted by molar-refractivity contribution is -0.125. The van der Waals surface area contributed by atoms with Gasteiger partial charge in [-0.15, -0.1) is 0 Å². The highest BCUT2D eigenvalue weighted by atomic mass is 35.5. The average Bonchev–Trinajstić information content (AvgIpc) is 2.71. The third-order valence-electron chi connectivity index (χ3n) is 4.32. The van der Waals surface area contributed by atoms with Crippen LogP contribution in [0.5, 0.6) is 5.75 Å². The molecule has 0 aliphatic heterocycles. The molecular weight excluding hydrogens is 464 g/mol. The topological polar surface area (TPSA) is 194 Å². The molecule has 2 rings (SSSR count). The zero-order valence-corrected chi connectivity index (χ0v) is 19.0. The highest BCUT2D eigenvalue weighted by Crippen LogP contribution is 2.28. The lowest BCUT2D eigenvalue weighted by Gasteiger charge is -2.24. The fourth-order valence-electron chi connectivity index (χ4n) is 2.90. The number of anilines is 1. The predicted octanol–water partition coefficient (Wildman–Crippen LogP) is 0.239. The van der Waals surface area contributed by atoms with Crippen LogP contribution in [0.3, 0.4) is 0 Å². The second-order valence-corrected chi connectivity index (χ2v) is 8.73. The summed E-state index contributed by atoms with van der Waals surface area (Å²) in [6.07, 6.45) is -1.06. The zero-order valence-electron chi connectivity index (χ0n) is 17.4. The summed E-state index contributed by atoms with van der Waals surface area (Å²) < 4.78 is 34.1. The van der Waals surface area contributed by atoms with E-state index < -0.39 is 39.6 Å². The van der Waals surface area contributed by atoms with E-state index in [4.69, 9.17) is 38.4 Å². The second-order valence-electron chi connectivity index (χ2n) is 6.64. The van der Waals surface area contributed by atoms with E-state index >= 15 is 0 Å². The van der Waals surface area contributed by atoms with Gasteiger partial charge in [-0.1, -0.05) is 11.6 Å². The van der Waals surface area contributed by atoms with Crippen LogP contribution in [0.1, 0.15) is 18.7 Å². The van der Waals surface area contributed by atoms with Gasteiger partial charge in [-0.25, -0.2) is 8.42 Å². The van der Waals surface area contributed by atoms with Crippen molar-refractivity contribution >= 4 is 39.2 Å². The first-order valence-corrected chi connectivity index (χ1v) is 10.9. The summed E-state index contributed by atoms with van der Waals surface area (Å²) in [5.41, 5.74) is 15.0. The summed E-state index contributed by atoms with van der Waals surface area (Å²) in [6, 6.07) is 5.33. The van der Waals surface area contributed by atoms with Crippen LogP contribution in [0, 0.1) is 6.92 Å². The summed E-state index contributed by atoms with van der Waals surface area (Å²) in [7, 11) is -3.01. The number of sulfonamides is 1. The molecule has 0 aliphatic rings. The number of pyridine rings is 1. The molecule has 0 radical (unpaired) electrons. The fourth-order valence-corrected chi connectivity index (χ4v) is 4.39. The molecule has 14 heteroatoms. The van der Waals surface area contributed by atoms with Gasteiger partial charge in [0, 0.05) is 10.7 Å². The van der Waals surface area contributed by atoms with Crippen molar-refractivity contribution in [3.05, 3.63) is 51.4 Å². The van der Waals surface area contributed by atoms with Crippen LogP contribution >= 0.6 is 11.6 Å². The summed E-state index contributed by atoms with van der Waals surface area (Å²) >= 11 is 5.92. The molecule has 2 atom stereocenters. The van der Waals surface area contributed by atoms with Crippen molar-refractivity contribution in [3.63, 3.8) is 0 Å². The van der Waals surface area contributed by atoms with E-state index in [-0.39, 0.29) is 21.4 Å². The molecule has 0 saturated heterocycles. The lowest BCUT2D eigenvalue weighted by atomic mass is 10.1. The quantitative estimate of drug-likeness (QED) is 0.219. The number of nitrogens with two attached hydrogens (primary N) is 3. The highest BCUT2D eigenvalue weighted by molar-refractivity contribution is 7.92. The molecule has 7 N–H and O–H groups in total. The summed E-state index contributed by atoms with van der Waals surface area (Å²) in [5, 5.41) is 3.52. The number of hydrogen-bond donors (Lipinski definition) is 4. The first-order valence-electron chi connectivity index (χ1n) is 9.01. The minimum Gasteiger partial charge on any atom is -0.495 e. The van der Waals surface area contributed by atoms with E-state index in [2.05, 4.69) is 9.88 Å². The normalized spacial score (nSPS) is 13.0. The van der Waals surface area contributed by atoms with Crippen LogP contribution in [0.15, 0.2) is 45.2 Å². The molecule has 174 valence electrons. The predicted molar refractivity (Wildman–Crippen MR) is 119 cm³/mol. The Balaban J connectivity index is 2.56. The Hall–Kier alpha value is -3.45. The molecule has 12 nitrogen and oxygen atoms in total. The smallest absolute Gasteiger partial charge is 0.275 e. The van der Waals surface area contributed by atoms with Crippen molar-refractivity contribution < 1.29 is 22.8 Å². The van der Waals surface area contributed by atoms with Crippen molar-refractivity contribution in [2.75, 3.05) is 11.8 Å². The number of methoxy groups -OCH3 is 1. The maximum absolute atomic E-state index is 13.1. The van der Waals surface area contributed by atoms with Gasteiger partial charge in [-0.05, 0) is 49.3 Å². The van der Waals surface area contributed by atoms with Crippen LogP contribution in [0.25, 0.3) is 0 Å². The largest absolute Gasteiger partial charge is 0.495 e. The number of guanidine groups is 1. The number of nitrogens with zero attached hydrogens (tertiary/aromatic N) is 2. The maximum atomic E-state index is 13.1. The van der Waals surface area contributed by atoms with Crippen molar-refractivity contribution in [1.82, 2.24) is 4.57 Å². The number of halogens is 1. The van der Waals surface area contributed by atoms with Crippen LogP contribution in [0.2, 0.25) is 5.02 Å². The Labute approximate surface area is 189 Å². The molecule has 2 unspecified atom stereocenters. The molecule has 1 amide bonds. The third kappa shape index (κ3) is 5.42. The number of benzene rings is 1. The SMILES string of the molecule is COc1ccc(Cl)cc1S(=O)(=O)Nc1ccc(C)n(C(C(N)=O)C(C)ON=C(N)N)c1=O. The monoisotopic (exact) mass is 486 g/mol. The average molecular weight is 487 g/mol. The van der Waals surface area contributed by atoms with Gasteiger partial charge in [-0.2, -0.15) is 0 Å². The number of ether oxygens (including phenoxy) is 1. The second kappa shape index (κ2) is 9.78. The Morgan fingerprint density at radius 3 is 2.44 bits per heavy atom. The Kier molecular flexibility index (Phi) is 7.59. The molecule has 0 fully saturated rings. The van der Waals surface area contributed by atoms with Crippen molar-refractivity contribution in [3.8, 4) is 5.75 Å². The van der Waals surface area contributed by atoms with Crippen LogP contribution in [-0.4, -0.2) is 38.1 Å². The molecular formula is C18H23ClN6O6S. The molecule has 1 aromatic heterocycles. The van der Waals surface area contributed by atoms with E-state index in [9.17, 15) is 18.0 Å². The summed E-state index contributed by atoms with van der Waals surface area (Å²) in [5.74, 6) is -1.31. The molecule has 0 spiro atoms. The number of primary amides is 1. The Morgan fingerprint density at radius 2 is 1.88 bits per heavy atom. The number of aryl methyl sites for hydroxylation is 1. The first kappa shape index (κ1) is 24.8. The summed E-state index contributed by atoms with van der Waals surface area (Å²) in [6.45, 7) is 2.95. The zero-order chi connectivity index (χ0) is 24.2. The van der Waals surface area contributed by atoms with Gasteiger partial charge in [-0.3, -0.25) is 18.9 Å². The molecule has 1 heterocycles. The molecule has 0 saturated carbocycles. The minimum absolute atomic E-state index is 0.0172.